The van der Waals surface area contributed by atoms with Gasteiger partial charge in [-0.2, -0.15) is 0 Å². The van der Waals surface area contributed by atoms with Crippen molar-refractivity contribution in [1.82, 2.24) is 20.5 Å². The number of carbonyl (C=O) groups is 4. The van der Waals surface area contributed by atoms with Gasteiger partial charge in [0.2, 0.25) is 17.7 Å². The number of benzene rings is 1. The molecular weight excluding hydrogens is 450 g/mol. The fraction of sp³-hybridized carbons (Fsp3) is 0.409. The van der Waals surface area contributed by atoms with E-state index in [9.17, 15) is 28.0 Å². The molecule has 1 aliphatic rings. The number of aromatic nitrogens is 1. The quantitative estimate of drug-likeness (QED) is 0.417. The monoisotopic (exact) mass is 476 g/mol. The highest BCUT2D eigenvalue weighted by Crippen LogP contribution is 2.27. The maximum absolute atomic E-state index is 13.3. The van der Waals surface area contributed by atoms with Gasteiger partial charge in [0.15, 0.2) is 0 Å². The first kappa shape index (κ1) is 25.0. The number of alkyl halides is 2. The molecule has 10 nitrogen and oxygen atoms in total. The van der Waals surface area contributed by atoms with E-state index in [0.29, 0.717) is 29.7 Å². The number of amides is 4. The van der Waals surface area contributed by atoms with Crippen molar-refractivity contribution in [2.75, 3.05) is 38.0 Å². The summed E-state index contributed by atoms with van der Waals surface area (Å²) in [6, 6.07) is 6.33. The Balaban J connectivity index is 1.64. The number of hydrogen-bond acceptors (Lipinski definition) is 6. The SMILES string of the molecule is NCCNC(=O)CCC(=O)Nc1cccc2c(C(=O)NCC(=O)N3CCC(F)(F)C3)ccnc12. The lowest BCUT2D eigenvalue weighted by atomic mass is 10.1. The third-order valence-electron chi connectivity index (χ3n) is 5.26. The first-order chi connectivity index (χ1) is 16.2. The summed E-state index contributed by atoms with van der Waals surface area (Å²) in [5.74, 6) is -4.77. The van der Waals surface area contributed by atoms with Gasteiger partial charge >= 0.3 is 0 Å². The molecule has 1 fully saturated rings. The van der Waals surface area contributed by atoms with Gasteiger partial charge < -0.3 is 26.6 Å². The molecular formula is C22H26F2N6O4. The van der Waals surface area contributed by atoms with E-state index in [2.05, 4.69) is 20.9 Å². The van der Waals surface area contributed by atoms with E-state index in [1.165, 1.54) is 12.3 Å². The van der Waals surface area contributed by atoms with Crippen LogP contribution in [-0.4, -0.2) is 72.2 Å². The third kappa shape index (κ3) is 6.44. The average molecular weight is 476 g/mol. The van der Waals surface area contributed by atoms with Crippen LogP contribution in [0, 0.1) is 0 Å². The topological polar surface area (TPSA) is 147 Å². The Morgan fingerprint density at radius 1 is 1.09 bits per heavy atom. The lowest BCUT2D eigenvalue weighted by Gasteiger charge is -2.16. The van der Waals surface area contributed by atoms with Gasteiger partial charge in [0, 0.05) is 50.5 Å². The number of rotatable bonds is 9. The molecule has 0 spiro atoms. The number of halogens is 2. The first-order valence-corrected chi connectivity index (χ1v) is 10.8. The summed E-state index contributed by atoms with van der Waals surface area (Å²) in [4.78, 5) is 54.1. The van der Waals surface area contributed by atoms with Crippen molar-refractivity contribution in [3.05, 3.63) is 36.0 Å². The lowest BCUT2D eigenvalue weighted by molar-refractivity contribution is -0.130. The molecule has 0 atom stereocenters. The normalized spacial score (nSPS) is 14.6. The van der Waals surface area contributed by atoms with Crippen molar-refractivity contribution in [2.24, 2.45) is 5.73 Å². The third-order valence-corrected chi connectivity index (χ3v) is 5.26. The molecule has 1 aliphatic heterocycles. The summed E-state index contributed by atoms with van der Waals surface area (Å²) in [7, 11) is 0. The lowest BCUT2D eigenvalue weighted by Crippen LogP contribution is -2.40. The van der Waals surface area contributed by atoms with Crippen LogP contribution in [0.4, 0.5) is 14.5 Å². The Labute approximate surface area is 194 Å². The predicted octanol–water partition coefficient (Wildman–Crippen LogP) is 0.626. The molecule has 34 heavy (non-hydrogen) atoms. The number of nitrogens with two attached hydrogens (primary N) is 1. The van der Waals surface area contributed by atoms with Crippen molar-refractivity contribution in [3.8, 4) is 0 Å². The summed E-state index contributed by atoms with van der Waals surface area (Å²) < 4.78 is 26.6. The highest BCUT2D eigenvalue weighted by molar-refractivity contribution is 6.10. The Morgan fingerprint density at radius 2 is 1.85 bits per heavy atom. The van der Waals surface area contributed by atoms with Gasteiger partial charge in [-0.15, -0.1) is 0 Å². The fourth-order valence-electron chi connectivity index (χ4n) is 3.53. The minimum Gasteiger partial charge on any atom is -0.355 e. The van der Waals surface area contributed by atoms with Gasteiger partial charge in [0.05, 0.1) is 29.9 Å². The van der Waals surface area contributed by atoms with Crippen LogP contribution in [0.3, 0.4) is 0 Å². The number of pyridine rings is 1. The van der Waals surface area contributed by atoms with Crippen molar-refractivity contribution < 1.29 is 28.0 Å². The first-order valence-electron chi connectivity index (χ1n) is 10.8. The van der Waals surface area contributed by atoms with E-state index in [4.69, 9.17) is 5.73 Å². The van der Waals surface area contributed by atoms with Crippen LogP contribution >= 0.6 is 0 Å². The van der Waals surface area contributed by atoms with E-state index >= 15 is 0 Å². The number of nitrogens with zero attached hydrogens (tertiary/aromatic N) is 2. The zero-order chi connectivity index (χ0) is 24.7. The summed E-state index contributed by atoms with van der Waals surface area (Å²) >= 11 is 0. The van der Waals surface area contributed by atoms with Crippen LogP contribution in [0.2, 0.25) is 0 Å². The smallest absolute Gasteiger partial charge is 0.267 e. The summed E-state index contributed by atoms with van der Waals surface area (Å²) in [6.45, 7) is -0.497. The Bertz CT molecular complexity index is 1090. The molecule has 2 heterocycles. The predicted molar refractivity (Wildman–Crippen MR) is 120 cm³/mol. The number of anilines is 1. The van der Waals surface area contributed by atoms with Gasteiger partial charge in [-0.25, -0.2) is 8.78 Å². The summed E-state index contributed by atoms with van der Waals surface area (Å²) in [5, 5.41) is 8.16. The Kier molecular flexibility index (Phi) is 8.05. The molecule has 0 aliphatic carbocycles. The van der Waals surface area contributed by atoms with Crippen LogP contribution in [-0.2, 0) is 14.4 Å². The maximum atomic E-state index is 13.3. The van der Waals surface area contributed by atoms with Crippen molar-refractivity contribution >= 4 is 40.2 Å². The molecule has 1 aromatic heterocycles. The number of para-hydroxylation sites is 1. The second-order valence-electron chi connectivity index (χ2n) is 7.85. The minimum absolute atomic E-state index is 0.00529. The molecule has 182 valence electrons. The molecule has 0 saturated carbocycles. The summed E-state index contributed by atoms with van der Waals surface area (Å²) in [6.07, 6.45) is 0.934. The Hall–Kier alpha value is -3.67. The molecule has 0 radical (unpaired) electrons. The molecule has 12 heteroatoms. The standard InChI is InChI=1S/C22H26F2N6O4/c23-22(24)7-11-30(13-22)19(33)12-28-21(34)15-6-9-27-20-14(15)2-1-3-16(20)29-18(32)5-4-17(31)26-10-8-25/h1-3,6,9H,4-5,7-8,10-13,25H2,(H,26,31)(H,28,34)(H,29,32). The Morgan fingerprint density at radius 3 is 2.56 bits per heavy atom. The second-order valence-corrected chi connectivity index (χ2v) is 7.85. The van der Waals surface area contributed by atoms with Crippen LogP contribution < -0.4 is 21.7 Å². The van der Waals surface area contributed by atoms with Gasteiger partial charge in [0.1, 0.15) is 0 Å². The highest BCUT2D eigenvalue weighted by Gasteiger charge is 2.40. The molecule has 0 unspecified atom stereocenters. The van der Waals surface area contributed by atoms with Crippen LogP contribution in [0.1, 0.15) is 29.6 Å². The number of fused-ring (bicyclic) bond motifs is 1. The van der Waals surface area contributed by atoms with Crippen molar-refractivity contribution in [2.45, 2.75) is 25.2 Å². The van der Waals surface area contributed by atoms with E-state index < -0.39 is 43.2 Å². The second kappa shape index (κ2) is 11.0. The number of carbonyl (C=O) groups excluding carboxylic acids is 4. The van der Waals surface area contributed by atoms with E-state index in [1.807, 2.05) is 0 Å². The largest absolute Gasteiger partial charge is 0.355 e. The zero-order valence-electron chi connectivity index (χ0n) is 18.4. The highest BCUT2D eigenvalue weighted by atomic mass is 19.3. The van der Waals surface area contributed by atoms with E-state index in [0.717, 1.165) is 4.90 Å². The minimum atomic E-state index is -2.91. The maximum Gasteiger partial charge on any atom is 0.267 e. The molecule has 1 aromatic carbocycles. The van der Waals surface area contributed by atoms with Crippen molar-refractivity contribution in [1.29, 1.82) is 0 Å². The van der Waals surface area contributed by atoms with E-state index in [-0.39, 0.29) is 30.9 Å². The van der Waals surface area contributed by atoms with Crippen LogP contribution in [0.25, 0.3) is 10.9 Å². The molecule has 5 N–H and O–H groups in total. The number of likely N-dealkylation sites (tertiary alicyclic amines) is 1. The van der Waals surface area contributed by atoms with Crippen LogP contribution in [0.15, 0.2) is 30.5 Å². The molecule has 1 saturated heterocycles. The molecule has 4 amide bonds. The van der Waals surface area contributed by atoms with E-state index in [1.54, 1.807) is 18.2 Å². The molecule has 0 bridgehead atoms. The molecule has 3 rings (SSSR count). The van der Waals surface area contributed by atoms with Gasteiger partial charge in [-0.3, -0.25) is 24.2 Å². The van der Waals surface area contributed by atoms with Crippen LogP contribution in [0.5, 0.6) is 0 Å². The molecule has 2 aromatic rings. The van der Waals surface area contributed by atoms with Crippen molar-refractivity contribution in [3.63, 3.8) is 0 Å². The van der Waals surface area contributed by atoms with Gasteiger partial charge in [-0.1, -0.05) is 12.1 Å². The average Bonchev–Trinajstić information content (AvgIpc) is 3.19. The van der Waals surface area contributed by atoms with Gasteiger partial charge in [-0.05, 0) is 12.1 Å². The number of nitrogens with one attached hydrogen (secondary N) is 3. The zero-order valence-corrected chi connectivity index (χ0v) is 18.4. The van der Waals surface area contributed by atoms with Gasteiger partial charge in [0.25, 0.3) is 11.8 Å². The fourth-order valence-corrected chi connectivity index (χ4v) is 3.53. The summed E-state index contributed by atoms with van der Waals surface area (Å²) in [5.41, 5.74) is 6.23. The number of hydrogen-bond donors (Lipinski definition) is 4.